The Balaban J connectivity index is 2.34. The molecule has 2 aromatic carbocycles. The molecule has 0 bridgehead atoms. The third-order valence-electron chi connectivity index (χ3n) is 3.69. The summed E-state index contributed by atoms with van der Waals surface area (Å²) in [6.07, 6.45) is 0. The van der Waals surface area contributed by atoms with Gasteiger partial charge >= 0.3 is 0 Å². The minimum atomic E-state index is -0.740. The first-order valence-corrected chi connectivity index (χ1v) is 7.88. The lowest BCUT2D eigenvalue weighted by atomic mass is 10.0. The Morgan fingerprint density at radius 1 is 1.04 bits per heavy atom. The number of rotatable bonds is 7. The van der Waals surface area contributed by atoms with Gasteiger partial charge < -0.3 is 15.3 Å². The van der Waals surface area contributed by atoms with Gasteiger partial charge in [0.2, 0.25) is 11.8 Å². The van der Waals surface area contributed by atoms with E-state index < -0.39 is 6.04 Å². The summed E-state index contributed by atoms with van der Waals surface area (Å²) in [5.41, 5.74) is 1.68. The van der Waals surface area contributed by atoms with E-state index in [9.17, 15) is 9.59 Å². The molecule has 0 fully saturated rings. The van der Waals surface area contributed by atoms with Gasteiger partial charge in [0.15, 0.2) is 0 Å². The highest BCUT2D eigenvalue weighted by atomic mass is 16.3. The fourth-order valence-corrected chi connectivity index (χ4v) is 2.55. The molecule has 0 heterocycles. The van der Waals surface area contributed by atoms with Crippen LogP contribution in [-0.2, 0) is 16.1 Å². The van der Waals surface area contributed by atoms with Crippen LogP contribution in [0.25, 0.3) is 0 Å². The van der Waals surface area contributed by atoms with Gasteiger partial charge in [-0.3, -0.25) is 9.59 Å². The molecule has 0 aliphatic rings. The Bertz CT molecular complexity index is 659. The highest BCUT2D eigenvalue weighted by Gasteiger charge is 2.29. The van der Waals surface area contributed by atoms with Crippen molar-refractivity contribution in [1.29, 1.82) is 0 Å². The standard InChI is InChI=1S/C19H22N2O3/c1-15(23)21(14-16-8-4-2-5-9-16)18(19(24)20-12-13-22)17-10-6-3-7-11-17/h2-11,18,22H,12-14H2,1H3,(H,20,24)/t18-/m1/s1. The lowest BCUT2D eigenvalue weighted by molar-refractivity contribution is -0.140. The second-order valence-electron chi connectivity index (χ2n) is 5.46. The minimum absolute atomic E-state index is 0.147. The van der Waals surface area contributed by atoms with Crippen molar-refractivity contribution >= 4 is 11.8 Å². The largest absolute Gasteiger partial charge is 0.395 e. The first kappa shape index (κ1) is 17.7. The smallest absolute Gasteiger partial charge is 0.247 e. The topological polar surface area (TPSA) is 69.6 Å². The molecule has 2 N–H and O–H groups in total. The Kier molecular flexibility index (Phi) is 6.51. The molecular formula is C19H22N2O3. The van der Waals surface area contributed by atoms with E-state index >= 15 is 0 Å². The van der Waals surface area contributed by atoms with Crippen LogP contribution in [0, 0.1) is 0 Å². The van der Waals surface area contributed by atoms with E-state index in [1.165, 1.54) is 11.8 Å². The molecular weight excluding hydrogens is 304 g/mol. The number of carbonyl (C=O) groups is 2. The molecule has 0 aliphatic heterocycles. The molecule has 0 unspecified atom stereocenters. The first-order valence-electron chi connectivity index (χ1n) is 7.88. The summed E-state index contributed by atoms with van der Waals surface area (Å²) in [5.74, 6) is -0.492. The van der Waals surface area contributed by atoms with Crippen LogP contribution >= 0.6 is 0 Å². The molecule has 5 heteroatoms. The monoisotopic (exact) mass is 326 g/mol. The molecule has 0 aliphatic carbocycles. The third kappa shape index (κ3) is 4.67. The summed E-state index contributed by atoms with van der Waals surface area (Å²) in [6.45, 7) is 1.80. The van der Waals surface area contributed by atoms with Crippen molar-refractivity contribution in [3.8, 4) is 0 Å². The normalized spacial score (nSPS) is 11.6. The predicted octanol–water partition coefficient (Wildman–Crippen LogP) is 1.88. The summed E-state index contributed by atoms with van der Waals surface area (Å²) >= 11 is 0. The number of nitrogens with one attached hydrogen (secondary N) is 1. The lowest BCUT2D eigenvalue weighted by Crippen LogP contribution is -2.43. The van der Waals surface area contributed by atoms with Gasteiger partial charge in [0.05, 0.1) is 6.61 Å². The van der Waals surface area contributed by atoms with Crippen molar-refractivity contribution in [1.82, 2.24) is 10.2 Å². The zero-order valence-corrected chi connectivity index (χ0v) is 13.7. The van der Waals surface area contributed by atoms with Crippen molar-refractivity contribution in [2.24, 2.45) is 0 Å². The Morgan fingerprint density at radius 2 is 1.62 bits per heavy atom. The van der Waals surface area contributed by atoms with Crippen molar-refractivity contribution < 1.29 is 14.7 Å². The molecule has 2 aromatic rings. The second-order valence-corrected chi connectivity index (χ2v) is 5.46. The van der Waals surface area contributed by atoms with Gasteiger partial charge in [0.25, 0.3) is 0 Å². The van der Waals surface area contributed by atoms with Crippen LogP contribution in [-0.4, -0.2) is 35.0 Å². The Morgan fingerprint density at radius 3 is 2.17 bits per heavy atom. The summed E-state index contributed by atoms with van der Waals surface area (Å²) in [6, 6.07) is 18.0. The van der Waals surface area contributed by atoms with E-state index in [1.54, 1.807) is 0 Å². The number of hydrogen-bond donors (Lipinski definition) is 2. The average molecular weight is 326 g/mol. The van der Waals surface area contributed by atoms with Crippen LogP contribution in [0.15, 0.2) is 60.7 Å². The van der Waals surface area contributed by atoms with E-state index in [2.05, 4.69) is 5.32 Å². The van der Waals surface area contributed by atoms with Crippen LogP contribution in [0.1, 0.15) is 24.1 Å². The van der Waals surface area contributed by atoms with Crippen LogP contribution in [0.5, 0.6) is 0 Å². The Labute approximate surface area is 141 Å². The number of aliphatic hydroxyl groups excluding tert-OH is 1. The second kappa shape index (κ2) is 8.84. The molecule has 2 amide bonds. The van der Waals surface area contributed by atoms with Crippen molar-refractivity contribution in [3.63, 3.8) is 0 Å². The van der Waals surface area contributed by atoms with Crippen molar-refractivity contribution in [2.45, 2.75) is 19.5 Å². The summed E-state index contributed by atoms with van der Waals surface area (Å²) < 4.78 is 0. The number of nitrogens with zero attached hydrogens (tertiary/aromatic N) is 1. The SMILES string of the molecule is CC(=O)N(Cc1ccccc1)[C@@H](C(=O)NCCO)c1ccccc1. The Hall–Kier alpha value is -2.66. The highest BCUT2D eigenvalue weighted by molar-refractivity contribution is 5.88. The molecule has 5 nitrogen and oxygen atoms in total. The summed E-state index contributed by atoms with van der Waals surface area (Å²) in [4.78, 5) is 26.4. The fraction of sp³-hybridized carbons (Fsp3) is 0.263. The highest BCUT2D eigenvalue weighted by Crippen LogP contribution is 2.23. The number of benzene rings is 2. The maximum Gasteiger partial charge on any atom is 0.247 e. The number of amides is 2. The molecule has 1 atom stereocenters. The summed E-state index contributed by atoms with van der Waals surface area (Å²) in [5, 5.41) is 11.6. The van der Waals surface area contributed by atoms with E-state index in [1.807, 2.05) is 60.7 Å². The molecule has 0 saturated heterocycles. The molecule has 2 rings (SSSR count). The number of aliphatic hydroxyl groups is 1. The zero-order chi connectivity index (χ0) is 17.4. The maximum absolute atomic E-state index is 12.6. The third-order valence-corrected chi connectivity index (χ3v) is 3.69. The zero-order valence-electron chi connectivity index (χ0n) is 13.7. The molecule has 0 spiro atoms. The average Bonchev–Trinajstić information content (AvgIpc) is 2.61. The van der Waals surface area contributed by atoms with Crippen LogP contribution < -0.4 is 5.32 Å². The van der Waals surface area contributed by atoms with Gasteiger partial charge in [-0.1, -0.05) is 60.7 Å². The van der Waals surface area contributed by atoms with Gasteiger partial charge in [0, 0.05) is 20.0 Å². The lowest BCUT2D eigenvalue weighted by Gasteiger charge is -2.30. The van der Waals surface area contributed by atoms with E-state index in [-0.39, 0.29) is 25.0 Å². The minimum Gasteiger partial charge on any atom is -0.395 e. The quantitative estimate of drug-likeness (QED) is 0.816. The fourth-order valence-electron chi connectivity index (χ4n) is 2.55. The maximum atomic E-state index is 12.6. The van der Waals surface area contributed by atoms with Gasteiger partial charge in [0.1, 0.15) is 6.04 Å². The number of carbonyl (C=O) groups excluding carboxylic acids is 2. The van der Waals surface area contributed by atoms with E-state index in [4.69, 9.17) is 5.11 Å². The van der Waals surface area contributed by atoms with Gasteiger partial charge in [-0.05, 0) is 11.1 Å². The molecule has 126 valence electrons. The van der Waals surface area contributed by atoms with Gasteiger partial charge in [-0.15, -0.1) is 0 Å². The van der Waals surface area contributed by atoms with E-state index in [0.717, 1.165) is 11.1 Å². The van der Waals surface area contributed by atoms with Crippen LogP contribution in [0.3, 0.4) is 0 Å². The molecule has 0 saturated carbocycles. The summed E-state index contributed by atoms with van der Waals surface area (Å²) in [7, 11) is 0. The van der Waals surface area contributed by atoms with Gasteiger partial charge in [-0.2, -0.15) is 0 Å². The van der Waals surface area contributed by atoms with E-state index in [0.29, 0.717) is 6.54 Å². The molecule has 0 aromatic heterocycles. The van der Waals surface area contributed by atoms with Gasteiger partial charge in [-0.25, -0.2) is 0 Å². The molecule has 0 radical (unpaired) electrons. The number of hydrogen-bond acceptors (Lipinski definition) is 3. The molecule has 24 heavy (non-hydrogen) atoms. The first-order chi connectivity index (χ1) is 11.6. The van der Waals surface area contributed by atoms with Crippen LogP contribution in [0.4, 0.5) is 0 Å². The predicted molar refractivity (Wildman–Crippen MR) is 91.9 cm³/mol. The van der Waals surface area contributed by atoms with Crippen molar-refractivity contribution in [3.05, 3.63) is 71.8 Å². The van der Waals surface area contributed by atoms with Crippen molar-refractivity contribution in [2.75, 3.05) is 13.2 Å². The van der Waals surface area contributed by atoms with Crippen LogP contribution in [0.2, 0.25) is 0 Å².